The molecule has 51 heavy (non-hydrogen) atoms. The fraction of sp³-hybridized carbons (Fsp3) is 0.0213. The van der Waals surface area contributed by atoms with Gasteiger partial charge in [0.15, 0.2) is 0 Å². The minimum atomic E-state index is -4.53. The van der Waals surface area contributed by atoms with Gasteiger partial charge in [0.2, 0.25) is 0 Å². The van der Waals surface area contributed by atoms with Crippen LogP contribution in [-0.2, 0) is 6.18 Å². The Labute approximate surface area is 290 Å². The minimum absolute atomic E-state index is 0.181. The van der Waals surface area contributed by atoms with Crippen molar-refractivity contribution in [2.45, 2.75) is 6.18 Å². The van der Waals surface area contributed by atoms with Crippen LogP contribution in [0.25, 0.3) is 98.4 Å². The Kier molecular flexibility index (Phi) is 6.40. The van der Waals surface area contributed by atoms with E-state index in [9.17, 15) is 13.2 Å². The predicted molar refractivity (Wildman–Crippen MR) is 205 cm³/mol. The van der Waals surface area contributed by atoms with Crippen molar-refractivity contribution >= 4 is 65.0 Å². The van der Waals surface area contributed by atoms with Gasteiger partial charge in [0, 0.05) is 21.9 Å². The van der Waals surface area contributed by atoms with Crippen LogP contribution in [0.2, 0.25) is 0 Å². The quantitative estimate of drug-likeness (QED) is 0.171. The van der Waals surface area contributed by atoms with Crippen LogP contribution in [0.5, 0.6) is 0 Å². The summed E-state index contributed by atoms with van der Waals surface area (Å²) in [6.45, 7) is 0. The summed E-state index contributed by atoms with van der Waals surface area (Å²) >= 11 is 0. The van der Waals surface area contributed by atoms with Gasteiger partial charge in [0.1, 0.15) is 11.2 Å². The van der Waals surface area contributed by atoms with Crippen LogP contribution in [-0.4, -0.2) is 0 Å². The van der Waals surface area contributed by atoms with Gasteiger partial charge in [0.05, 0.1) is 5.56 Å². The summed E-state index contributed by atoms with van der Waals surface area (Å²) in [5.41, 5.74) is 6.78. The molecule has 0 radical (unpaired) electrons. The molecule has 0 spiro atoms. The Morgan fingerprint density at radius 2 is 0.765 bits per heavy atom. The zero-order chi connectivity index (χ0) is 34.3. The van der Waals surface area contributed by atoms with E-state index in [0.717, 1.165) is 65.7 Å². The van der Waals surface area contributed by atoms with Crippen molar-refractivity contribution in [2.24, 2.45) is 0 Å². The van der Waals surface area contributed by atoms with E-state index in [-0.39, 0.29) is 10.8 Å². The topological polar surface area (TPSA) is 13.1 Å². The number of hydrogen-bond donors (Lipinski definition) is 0. The van der Waals surface area contributed by atoms with E-state index in [0.29, 0.717) is 16.4 Å². The summed E-state index contributed by atoms with van der Waals surface area (Å²) in [7, 11) is 0. The van der Waals surface area contributed by atoms with Gasteiger partial charge in [-0.05, 0) is 71.4 Å². The Morgan fingerprint density at radius 1 is 0.353 bits per heavy atom. The largest absolute Gasteiger partial charge is 0.455 e. The smallest absolute Gasteiger partial charge is 0.417 e. The lowest BCUT2D eigenvalue weighted by atomic mass is 9.85. The molecule has 1 nitrogen and oxygen atoms in total. The Hall–Kier alpha value is -6.39. The number of para-hydroxylation sites is 1. The standard InChI is InChI=1S/C47H27F3O/c48-47(49,50)45-35-22-10-8-20-33(35)42(34-21-9-11-23-36(34)45)37-24-13-27-40-44(37)39-26-12-25-38(46(39)51-40)43-31-18-6-4-16-29(31)41(28-14-2-1-3-15-28)30-17-5-7-19-32(30)43/h1-27H. The molecule has 0 bridgehead atoms. The number of rotatable bonds is 3. The van der Waals surface area contributed by atoms with Gasteiger partial charge >= 0.3 is 6.18 Å². The third-order valence-corrected chi connectivity index (χ3v) is 10.3. The van der Waals surface area contributed by atoms with Crippen LogP contribution in [0.1, 0.15) is 5.56 Å². The maximum Gasteiger partial charge on any atom is 0.417 e. The second-order valence-corrected chi connectivity index (χ2v) is 13.0. The summed E-state index contributed by atoms with van der Waals surface area (Å²) < 4.78 is 51.0. The number of fused-ring (bicyclic) bond motifs is 7. The molecule has 0 aliphatic carbocycles. The molecule has 0 saturated heterocycles. The lowest BCUT2D eigenvalue weighted by molar-refractivity contribution is -0.135. The second-order valence-electron chi connectivity index (χ2n) is 13.0. The molecule has 0 N–H and O–H groups in total. The van der Waals surface area contributed by atoms with Crippen LogP contribution < -0.4 is 0 Å². The zero-order valence-corrected chi connectivity index (χ0v) is 27.1. The van der Waals surface area contributed by atoms with Crippen LogP contribution in [0, 0.1) is 0 Å². The predicted octanol–water partition coefficient (Wildman–Crippen LogP) is 14.2. The van der Waals surface area contributed by atoms with Gasteiger partial charge in [-0.15, -0.1) is 0 Å². The molecule has 0 atom stereocenters. The maximum atomic E-state index is 14.7. The molecular formula is C47H27F3O. The van der Waals surface area contributed by atoms with Gasteiger partial charge in [-0.3, -0.25) is 0 Å². The highest BCUT2D eigenvalue weighted by Crippen LogP contribution is 2.50. The Bertz CT molecular complexity index is 2890. The van der Waals surface area contributed by atoms with Crippen LogP contribution in [0.4, 0.5) is 13.2 Å². The highest BCUT2D eigenvalue weighted by atomic mass is 19.4. The first kappa shape index (κ1) is 29.5. The molecule has 9 aromatic carbocycles. The first-order valence-electron chi connectivity index (χ1n) is 16.9. The van der Waals surface area contributed by atoms with E-state index in [4.69, 9.17) is 4.42 Å². The van der Waals surface area contributed by atoms with E-state index >= 15 is 0 Å². The van der Waals surface area contributed by atoms with Crippen molar-refractivity contribution in [3.8, 4) is 33.4 Å². The number of benzene rings is 9. The lowest BCUT2D eigenvalue weighted by Crippen LogP contribution is -2.07. The first-order valence-corrected chi connectivity index (χ1v) is 16.9. The Balaban J connectivity index is 1.32. The third-order valence-electron chi connectivity index (χ3n) is 10.3. The average molecular weight is 665 g/mol. The fourth-order valence-corrected chi connectivity index (χ4v) is 8.31. The van der Waals surface area contributed by atoms with Crippen LogP contribution >= 0.6 is 0 Å². The molecule has 10 aromatic rings. The van der Waals surface area contributed by atoms with Gasteiger partial charge in [-0.25, -0.2) is 0 Å². The molecule has 0 saturated carbocycles. The Morgan fingerprint density at radius 3 is 1.31 bits per heavy atom. The molecule has 0 aliphatic rings. The molecule has 10 rings (SSSR count). The van der Waals surface area contributed by atoms with Crippen molar-refractivity contribution in [3.05, 3.63) is 169 Å². The van der Waals surface area contributed by atoms with Crippen molar-refractivity contribution in [3.63, 3.8) is 0 Å². The maximum absolute atomic E-state index is 14.7. The van der Waals surface area contributed by atoms with Crippen LogP contribution in [0.15, 0.2) is 168 Å². The average Bonchev–Trinajstić information content (AvgIpc) is 3.55. The van der Waals surface area contributed by atoms with Gasteiger partial charge in [-0.1, -0.05) is 158 Å². The highest BCUT2D eigenvalue weighted by Gasteiger charge is 2.36. The number of furan rings is 1. The zero-order valence-electron chi connectivity index (χ0n) is 27.1. The minimum Gasteiger partial charge on any atom is -0.455 e. The first-order chi connectivity index (χ1) is 25.0. The number of alkyl halides is 3. The number of hydrogen-bond acceptors (Lipinski definition) is 1. The van der Waals surface area contributed by atoms with Crippen molar-refractivity contribution in [1.82, 2.24) is 0 Å². The van der Waals surface area contributed by atoms with Gasteiger partial charge in [0.25, 0.3) is 0 Å². The SMILES string of the molecule is FC(F)(F)c1c2ccccc2c(-c2cccc3oc4c(-c5c6ccccc6c(-c6ccccc6)c6ccccc56)cccc4c23)c2ccccc12. The van der Waals surface area contributed by atoms with E-state index in [1.807, 2.05) is 36.4 Å². The molecule has 1 aromatic heterocycles. The number of halogens is 3. The molecule has 0 fully saturated rings. The molecular weight excluding hydrogens is 638 g/mol. The van der Waals surface area contributed by atoms with Gasteiger partial charge < -0.3 is 4.42 Å². The monoisotopic (exact) mass is 664 g/mol. The summed E-state index contributed by atoms with van der Waals surface area (Å²) in [5, 5.41) is 7.77. The lowest BCUT2D eigenvalue weighted by Gasteiger charge is -2.19. The van der Waals surface area contributed by atoms with Crippen molar-refractivity contribution in [2.75, 3.05) is 0 Å². The van der Waals surface area contributed by atoms with E-state index < -0.39 is 11.7 Å². The summed E-state index contributed by atoms with van der Waals surface area (Å²) in [6, 6.07) is 53.4. The van der Waals surface area contributed by atoms with Crippen molar-refractivity contribution < 1.29 is 17.6 Å². The van der Waals surface area contributed by atoms with E-state index in [1.165, 1.54) is 5.56 Å². The molecule has 0 aliphatic heterocycles. The molecule has 242 valence electrons. The van der Waals surface area contributed by atoms with Gasteiger partial charge in [-0.2, -0.15) is 13.2 Å². The summed E-state index contributed by atoms with van der Waals surface area (Å²) in [6.07, 6.45) is -4.53. The van der Waals surface area contributed by atoms with E-state index in [2.05, 4.69) is 91.0 Å². The summed E-state index contributed by atoms with van der Waals surface area (Å²) in [5.74, 6) is 0. The summed E-state index contributed by atoms with van der Waals surface area (Å²) in [4.78, 5) is 0. The molecule has 0 amide bonds. The van der Waals surface area contributed by atoms with Crippen molar-refractivity contribution in [1.29, 1.82) is 0 Å². The second kappa shape index (κ2) is 11.1. The van der Waals surface area contributed by atoms with Crippen LogP contribution in [0.3, 0.4) is 0 Å². The molecule has 4 heteroatoms. The normalized spacial score (nSPS) is 12.2. The fourth-order valence-electron chi connectivity index (χ4n) is 8.31. The molecule has 0 unspecified atom stereocenters. The third kappa shape index (κ3) is 4.36. The molecule has 1 heterocycles. The van der Waals surface area contributed by atoms with E-state index in [1.54, 1.807) is 36.4 Å². The highest BCUT2D eigenvalue weighted by molar-refractivity contribution is 6.27.